The number of halogens is 1. The Morgan fingerprint density at radius 1 is 1.18 bits per heavy atom. The summed E-state index contributed by atoms with van der Waals surface area (Å²) in [7, 11) is -4.10. The fourth-order valence-electron chi connectivity index (χ4n) is 3.99. The van der Waals surface area contributed by atoms with Gasteiger partial charge in [0.2, 0.25) is 15.9 Å². The van der Waals surface area contributed by atoms with Gasteiger partial charge in [0.1, 0.15) is 12.1 Å². The van der Waals surface area contributed by atoms with Crippen molar-refractivity contribution in [2.45, 2.75) is 36.9 Å². The van der Waals surface area contributed by atoms with Gasteiger partial charge in [-0.1, -0.05) is 23.7 Å². The van der Waals surface area contributed by atoms with Gasteiger partial charge in [-0.2, -0.15) is 4.31 Å². The van der Waals surface area contributed by atoms with Crippen molar-refractivity contribution in [3.8, 4) is 0 Å². The summed E-state index contributed by atoms with van der Waals surface area (Å²) >= 11 is 6.04. The maximum absolute atomic E-state index is 13.8. The number of hydrogen-bond acceptors (Lipinski definition) is 5. The molecular formula is C23H22ClN3O5S. The molecule has 8 nitrogen and oxygen atoms in total. The van der Waals surface area contributed by atoms with E-state index in [1.165, 1.54) is 17.9 Å². The number of carboxylic acid groups (broad SMARTS) is 1. The molecule has 1 aromatic heterocycles. The van der Waals surface area contributed by atoms with Crippen molar-refractivity contribution in [3.63, 3.8) is 0 Å². The third-order valence-corrected chi connectivity index (χ3v) is 7.94. The number of aromatic nitrogens is 1. The van der Waals surface area contributed by atoms with Crippen LogP contribution < -0.4 is 0 Å². The van der Waals surface area contributed by atoms with E-state index < -0.39 is 34.0 Å². The van der Waals surface area contributed by atoms with Crippen molar-refractivity contribution >= 4 is 44.3 Å². The predicted octanol–water partition coefficient (Wildman–Crippen LogP) is 3.15. The number of benzene rings is 2. The van der Waals surface area contributed by atoms with E-state index in [2.05, 4.69) is 4.98 Å². The quantitative estimate of drug-likeness (QED) is 0.548. The van der Waals surface area contributed by atoms with Gasteiger partial charge in [0, 0.05) is 30.5 Å². The number of amides is 1. The summed E-state index contributed by atoms with van der Waals surface area (Å²) in [6.07, 6.45) is 3.30. The zero-order chi connectivity index (χ0) is 23.8. The summed E-state index contributed by atoms with van der Waals surface area (Å²) < 4.78 is 28.7. The van der Waals surface area contributed by atoms with E-state index in [4.69, 9.17) is 11.6 Å². The van der Waals surface area contributed by atoms with Crippen molar-refractivity contribution in [2.24, 2.45) is 0 Å². The molecule has 1 amide bonds. The number of aliphatic carboxylic acids is 1. The van der Waals surface area contributed by atoms with Gasteiger partial charge in [-0.05, 0) is 66.1 Å². The summed E-state index contributed by atoms with van der Waals surface area (Å²) in [5.74, 6) is -1.66. The number of pyridine rings is 1. The van der Waals surface area contributed by atoms with Crippen LogP contribution in [0.15, 0.2) is 65.8 Å². The molecule has 33 heavy (non-hydrogen) atoms. The normalized spacial score (nSPS) is 17.6. The van der Waals surface area contributed by atoms with Crippen molar-refractivity contribution < 1.29 is 23.1 Å². The van der Waals surface area contributed by atoms with E-state index in [0.29, 0.717) is 16.0 Å². The zero-order valence-electron chi connectivity index (χ0n) is 17.8. The Morgan fingerprint density at radius 2 is 1.85 bits per heavy atom. The average Bonchev–Trinajstić information content (AvgIpc) is 3.17. The second-order valence-corrected chi connectivity index (χ2v) is 10.2. The Labute approximate surface area is 196 Å². The van der Waals surface area contributed by atoms with Crippen LogP contribution in [-0.4, -0.2) is 58.2 Å². The highest BCUT2D eigenvalue weighted by molar-refractivity contribution is 7.89. The van der Waals surface area contributed by atoms with Gasteiger partial charge in [0.25, 0.3) is 0 Å². The first-order valence-corrected chi connectivity index (χ1v) is 12.1. The molecule has 2 atom stereocenters. The fraction of sp³-hybridized carbons (Fsp3) is 0.261. The van der Waals surface area contributed by atoms with Crippen LogP contribution >= 0.6 is 11.6 Å². The second kappa shape index (κ2) is 9.09. The van der Waals surface area contributed by atoms with Crippen molar-refractivity contribution in [3.05, 3.63) is 71.5 Å². The minimum Gasteiger partial charge on any atom is -0.480 e. The molecule has 2 aromatic carbocycles. The molecule has 0 radical (unpaired) electrons. The number of hydrogen-bond donors (Lipinski definition) is 1. The molecule has 0 saturated carbocycles. The highest BCUT2D eigenvalue weighted by Crippen LogP contribution is 2.30. The molecule has 1 saturated heterocycles. The third kappa shape index (κ3) is 4.57. The highest BCUT2D eigenvalue weighted by Gasteiger charge is 2.44. The van der Waals surface area contributed by atoms with Crippen LogP contribution in [0.2, 0.25) is 5.02 Å². The first kappa shape index (κ1) is 23.2. The first-order chi connectivity index (χ1) is 15.7. The predicted molar refractivity (Wildman–Crippen MR) is 123 cm³/mol. The molecule has 0 aliphatic carbocycles. The molecule has 1 N–H and O–H groups in total. The molecular weight excluding hydrogens is 466 g/mol. The van der Waals surface area contributed by atoms with E-state index in [1.807, 2.05) is 0 Å². The smallest absolute Gasteiger partial charge is 0.326 e. The lowest BCUT2D eigenvalue weighted by molar-refractivity contribution is -0.148. The van der Waals surface area contributed by atoms with Crippen LogP contribution in [0.5, 0.6) is 0 Å². The van der Waals surface area contributed by atoms with E-state index in [0.717, 1.165) is 9.69 Å². The number of likely N-dealkylation sites (tertiary alicyclic amines) is 1. The van der Waals surface area contributed by atoms with Crippen molar-refractivity contribution in [2.75, 3.05) is 6.54 Å². The van der Waals surface area contributed by atoms with E-state index in [1.54, 1.807) is 54.9 Å². The Balaban J connectivity index is 1.75. The number of carbonyl (C=O) groups is 2. The Hall–Kier alpha value is -3.01. The Kier molecular flexibility index (Phi) is 6.38. The number of carbonyl (C=O) groups excluding carboxylic acids is 1. The number of nitrogens with zero attached hydrogens (tertiary/aromatic N) is 3. The summed E-state index contributed by atoms with van der Waals surface area (Å²) in [5.41, 5.74) is 0.665. The molecule has 172 valence electrons. The molecule has 2 heterocycles. The lowest BCUT2D eigenvalue weighted by Gasteiger charge is -2.28. The largest absolute Gasteiger partial charge is 0.480 e. The summed E-state index contributed by atoms with van der Waals surface area (Å²) in [4.78, 5) is 29.8. The summed E-state index contributed by atoms with van der Waals surface area (Å²) in [6.45, 7) is 1.53. The summed E-state index contributed by atoms with van der Waals surface area (Å²) in [5, 5.41) is 11.4. The van der Waals surface area contributed by atoms with Crippen molar-refractivity contribution in [1.29, 1.82) is 0 Å². The van der Waals surface area contributed by atoms with Crippen LogP contribution in [-0.2, 0) is 26.2 Å². The average molecular weight is 488 g/mol. The topological polar surface area (TPSA) is 108 Å². The number of carboxylic acids is 1. The van der Waals surface area contributed by atoms with Crippen LogP contribution in [0.1, 0.15) is 18.9 Å². The molecule has 3 aromatic rings. The highest BCUT2D eigenvalue weighted by atomic mass is 35.5. The molecule has 1 aliphatic rings. The lowest BCUT2D eigenvalue weighted by atomic mass is 10.1. The zero-order valence-corrected chi connectivity index (χ0v) is 19.3. The molecule has 0 unspecified atom stereocenters. The Bertz CT molecular complexity index is 1320. The number of fused-ring (bicyclic) bond motifs is 1. The van der Waals surface area contributed by atoms with Crippen LogP contribution in [0.4, 0.5) is 0 Å². The molecule has 0 bridgehead atoms. The number of rotatable bonds is 7. The van der Waals surface area contributed by atoms with Gasteiger partial charge in [-0.25, -0.2) is 13.2 Å². The molecule has 4 rings (SSSR count). The molecule has 10 heteroatoms. The molecule has 0 spiro atoms. The van der Waals surface area contributed by atoms with Gasteiger partial charge in [0.15, 0.2) is 0 Å². The SMILES string of the molecule is C[C@@H](C(=O)O)N1CC[C@H](N(Cc2ccncc2)S(=O)(=O)c2ccc3cc(Cl)ccc3c2)C1=O. The second-order valence-electron chi connectivity index (χ2n) is 7.91. The van der Waals surface area contributed by atoms with E-state index in [-0.39, 0.29) is 24.4 Å². The first-order valence-electron chi connectivity index (χ1n) is 10.3. The summed E-state index contributed by atoms with van der Waals surface area (Å²) in [6, 6.07) is 11.2. The molecule has 1 aliphatic heterocycles. The Morgan fingerprint density at radius 3 is 2.55 bits per heavy atom. The lowest BCUT2D eigenvalue weighted by Crippen LogP contribution is -2.47. The fourth-order valence-corrected chi connectivity index (χ4v) is 5.81. The minimum atomic E-state index is -4.10. The maximum atomic E-state index is 13.8. The van der Waals surface area contributed by atoms with Gasteiger partial charge < -0.3 is 10.0 Å². The van der Waals surface area contributed by atoms with Crippen LogP contribution in [0, 0.1) is 0 Å². The van der Waals surface area contributed by atoms with E-state index >= 15 is 0 Å². The number of sulfonamides is 1. The standard InChI is InChI=1S/C23H22ClN3O5S/c1-15(23(29)30)26-11-8-21(22(26)28)27(14-16-6-9-25-10-7-16)33(31,32)20-5-3-17-12-19(24)4-2-18(17)13-20/h2-7,9-10,12-13,15,21H,8,11,14H2,1H3,(H,29,30)/t15-,21-/m0/s1. The van der Waals surface area contributed by atoms with E-state index in [9.17, 15) is 23.1 Å². The minimum absolute atomic E-state index is 0.0453. The third-order valence-electron chi connectivity index (χ3n) is 5.85. The van der Waals surface area contributed by atoms with Crippen molar-refractivity contribution in [1.82, 2.24) is 14.2 Å². The van der Waals surface area contributed by atoms with Crippen LogP contribution in [0.25, 0.3) is 10.8 Å². The maximum Gasteiger partial charge on any atom is 0.326 e. The van der Waals surface area contributed by atoms with Gasteiger partial charge in [-0.3, -0.25) is 9.78 Å². The molecule has 1 fully saturated rings. The van der Waals surface area contributed by atoms with Gasteiger partial charge in [-0.15, -0.1) is 0 Å². The monoisotopic (exact) mass is 487 g/mol. The van der Waals surface area contributed by atoms with Gasteiger partial charge >= 0.3 is 5.97 Å². The van der Waals surface area contributed by atoms with Gasteiger partial charge in [0.05, 0.1) is 4.90 Å². The van der Waals surface area contributed by atoms with Crippen LogP contribution in [0.3, 0.4) is 0 Å².